The Balaban J connectivity index is 2.06. The average molecular weight is 327 g/mol. The Hall–Kier alpha value is -0.610. The summed E-state index contributed by atoms with van der Waals surface area (Å²) in [6.07, 6.45) is 5.66. The quantitative estimate of drug-likeness (QED) is 0.914. The van der Waals surface area contributed by atoms with Crippen molar-refractivity contribution < 1.29 is 4.74 Å². The zero-order chi connectivity index (χ0) is 13.8. The van der Waals surface area contributed by atoms with Gasteiger partial charge in [0, 0.05) is 22.8 Å². The summed E-state index contributed by atoms with van der Waals surface area (Å²) in [5.41, 5.74) is 1.11. The molecule has 1 N–H and O–H groups in total. The van der Waals surface area contributed by atoms with E-state index in [1.165, 1.54) is 6.42 Å². The number of ether oxygens (including phenoxy) is 1. The van der Waals surface area contributed by atoms with Crippen molar-refractivity contribution in [2.75, 3.05) is 7.05 Å². The fourth-order valence-corrected chi connectivity index (χ4v) is 3.03. The van der Waals surface area contributed by atoms with Crippen LogP contribution in [0.15, 0.2) is 16.7 Å². The second-order valence-corrected chi connectivity index (χ2v) is 6.57. The molecule has 3 unspecified atom stereocenters. The van der Waals surface area contributed by atoms with E-state index in [2.05, 4.69) is 46.1 Å². The number of hydrogen-bond acceptors (Lipinski definition) is 3. The summed E-state index contributed by atoms with van der Waals surface area (Å²) in [6, 6.07) is 2.08. The maximum absolute atomic E-state index is 6.14. The largest absolute Gasteiger partial charge is 0.474 e. The van der Waals surface area contributed by atoms with Gasteiger partial charge in [-0.25, -0.2) is 4.98 Å². The fraction of sp³-hybridized carbons (Fsp3) is 0.667. The highest BCUT2D eigenvalue weighted by Gasteiger charge is 2.26. The molecule has 3 atom stereocenters. The van der Waals surface area contributed by atoms with Gasteiger partial charge in [0.15, 0.2) is 0 Å². The normalized spacial score (nSPS) is 27.3. The average Bonchev–Trinajstić information content (AvgIpc) is 2.37. The number of rotatable bonds is 4. The summed E-state index contributed by atoms with van der Waals surface area (Å²) >= 11 is 3.46. The van der Waals surface area contributed by atoms with E-state index in [9.17, 15) is 0 Å². The lowest BCUT2D eigenvalue weighted by molar-refractivity contribution is 0.0953. The van der Waals surface area contributed by atoms with Crippen LogP contribution in [0.3, 0.4) is 0 Å². The molecule has 1 aliphatic carbocycles. The lowest BCUT2D eigenvalue weighted by Crippen LogP contribution is -2.29. The second kappa shape index (κ2) is 6.71. The van der Waals surface area contributed by atoms with Crippen molar-refractivity contribution in [1.29, 1.82) is 0 Å². The molecule has 1 aromatic rings. The number of nitrogens with one attached hydrogen (secondary N) is 1. The minimum absolute atomic E-state index is 0.315. The predicted octanol–water partition coefficient (Wildman–Crippen LogP) is 3.77. The molecule has 0 radical (unpaired) electrons. The molecular weight excluding hydrogens is 304 g/mol. The highest BCUT2D eigenvalue weighted by molar-refractivity contribution is 9.10. The first-order valence-corrected chi connectivity index (χ1v) is 7.85. The van der Waals surface area contributed by atoms with Crippen LogP contribution in [0.4, 0.5) is 0 Å². The molecule has 1 heterocycles. The Morgan fingerprint density at radius 3 is 2.84 bits per heavy atom. The molecule has 0 aromatic carbocycles. The Morgan fingerprint density at radius 1 is 1.37 bits per heavy atom. The van der Waals surface area contributed by atoms with Gasteiger partial charge in [0.25, 0.3) is 0 Å². The first-order valence-electron chi connectivity index (χ1n) is 7.05. The Morgan fingerprint density at radius 2 is 2.16 bits per heavy atom. The Labute approximate surface area is 124 Å². The van der Waals surface area contributed by atoms with Gasteiger partial charge in [-0.1, -0.05) is 13.8 Å². The number of aromatic nitrogens is 1. The lowest BCUT2D eigenvalue weighted by atomic mass is 9.80. The van der Waals surface area contributed by atoms with E-state index in [1.54, 1.807) is 0 Å². The smallest absolute Gasteiger partial charge is 0.218 e. The molecule has 1 saturated carbocycles. The number of pyridine rings is 1. The lowest BCUT2D eigenvalue weighted by Gasteiger charge is -2.32. The summed E-state index contributed by atoms with van der Waals surface area (Å²) in [5, 5.41) is 3.16. The van der Waals surface area contributed by atoms with Crippen molar-refractivity contribution in [3.8, 4) is 5.88 Å². The molecule has 106 valence electrons. The summed E-state index contributed by atoms with van der Waals surface area (Å²) < 4.78 is 7.14. The van der Waals surface area contributed by atoms with Gasteiger partial charge in [0.2, 0.25) is 5.88 Å². The highest BCUT2D eigenvalue weighted by Crippen LogP contribution is 2.32. The molecule has 4 heteroatoms. The maximum atomic E-state index is 6.14. The van der Waals surface area contributed by atoms with E-state index in [4.69, 9.17) is 4.74 Å². The van der Waals surface area contributed by atoms with Crippen molar-refractivity contribution in [2.24, 2.45) is 11.8 Å². The van der Waals surface area contributed by atoms with Crippen molar-refractivity contribution in [3.05, 3.63) is 22.3 Å². The Kier molecular flexibility index (Phi) is 5.22. The van der Waals surface area contributed by atoms with Crippen LogP contribution < -0.4 is 10.1 Å². The van der Waals surface area contributed by atoms with Crippen molar-refractivity contribution in [1.82, 2.24) is 10.3 Å². The van der Waals surface area contributed by atoms with Crippen LogP contribution in [0, 0.1) is 11.8 Å². The topological polar surface area (TPSA) is 34.2 Å². The molecule has 1 aromatic heterocycles. The first-order chi connectivity index (χ1) is 9.10. The highest BCUT2D eigenvalue weighted by atomic mass is 79.9. The summed E-state index contributed by atoms with van der Waals surface area (Å²) in [6.45, 7) is 5.44. The molecule has 1 fully saturated rings. The van der Waals surface area contributed by atoms with Gasteiger partial charge in [0.05, 0.1) is 0 Å². The van der Waals surface area contributed by atoms with Crippen molar-refractivity contribution >= 4 is 15.9 Å². The van der Waals surface area contributed by atoms with Gasteiger partial charge >= 0.3 is 0 Å². The third-order valence-electron chi connectivity index (χ3n) is 4.09. The van der Waals surface area contributed by atoms with E-state index >= 15 is 0 Å². The maximum Gasteiger partial charge on any atom is 0.218 e. The monoisotopic (exact) mass is 326 g/mol. The molecule has 19 heavy (non-hydrogen) atoms. The third kappa shape index (κ3) is 3.93. The van der Waals surface area contributed by atoms with Crippen LogP contribution in [0.25, 0.3) is 0 Å². The van der Waals surface area contributed by atoms with Gasteiger partial charge in [-0.15, -0.1) is 0 Å². The molecule has 1 aliphatic rings. The first kappa shape index (κ1) is 14.8. The predicted molar refractivity (Wildman–Crippen MR) is 81.3 cm³/mol. The third-order valence-corrected chi connectivity index (χ3v) is 4.52. The molecule has 0 bridgehead atoms. The van der Waals surface area contributed by atoms with E-state index in [0.717, 1.165) is 47.1 Å². The zero-order valence-corrected chi connectivity index (χ0v) is 13.5. The van der Waals surface area contributed by atoms with Crippen LogP contribution in [0.2, 0.25) is 0 Å². The van der Waals surface area contributed by atoms with E-state index in [0.29, 0.717) is 6.10 Å². The van der Waals surface area contributed by atoms with Gasteiger partial charge < -0.3 is 10.1 Å². The van der Waals surface area contributed by atoms with E-state index in [-0.39, 0.29) is 0 Å². The van der Waals surface area contributed by atoms with Crippen LogP contribution in [-0.2, 0) is 6.54 Å². The summed E-state index contributed by atoms with van der Waals surface area (Å²) in [7, 11) is 1.94. The summed E-state index contributed by atoms with van der Waals surface area (Å²) in [5.74, 6) is 2.33. The van der Waals surface area contributed by atoms with Gasteiger partial charge in [-0.3, -0.25) is 0 Å². The molecule has 3 nitrogen and oxygen atoms in total. The van der Waals surface area contributed by atoms with Crippen molar-refractivity contribution in [2.45, 2.75) is 45.8 Å². The molecule has 0 spiro atoms. The van der Waals surface area contributed by atoms with Crippen molar-refractivity contribution in [3.63, 3.8) is 0 Å². The molecular formula is C15H23BrN2O. The molecule has 0 amide bonds. The number of hydrogen-bond donors (Lipinski definition) is 1. The van der Waals surface area contributed by atoms with Crippen LogP contribution in [-0.4, -0.2) is 18.1 Å². The van der Waals surface area contributed by atoms with Gasteiger partial charge in [-0.05, 0) is 60.1 Å². The minimum Gasteiger partial charge on any atom is -0.474 e. The fourth-order valence-electron chi connectivity index (χ4n) is 2.65. The molecule has 2 rings (SSSR count). The summed E-state index contributed by atoms with van der Waals surface area (Å²) in [4.78, 5) is 4.43. The van der Waals surface area contributed by atoms with E-state index < -0.39 is 0 Å². The zero-order valence-electron chi connectivity index (χ0n) is 11.9. The second-order valence-electron chi connectivity index (χ2n) is 5.66. The van der Waals surface area contributed by atoms with Crippen LogP contribution in [0.5, 0.6) is 5.88 Å². The minimum atomic E-state index is 0.315. The van der Waals surface area contributed by atoms with Gasteiger partial charge in [0.1, 0.15) is 6.10 Å². The Bertz CT molecular complexity index is 425. The number of halogens is 1. The van der Waals surface area contributed by atoms with E-state index in [1.807, 2.05) is 13.2 Å². The molecule has 0 aliphatic heterocycles. The standard InChI is InChI=1S/C15H23BrN2O/c1-10-4-5-14(6-11(10)2)19-15-12(8-17-3)7-13(16)9-18-15/h7,9-11,14,17H,4-6,8H2,1-3H3. The van der Waals surface area contributed by atoms with Crippen LogP contribution in [0.1, 0.15) is 38.7 Å². The van der Waals surface area contributed by atoms with Gasteiger partial charge in [-0.2, -0.15) is 0 Å². The van der Waals surface area contributed by atoms with Crippen LogP contribution >= 0.6 is 15.9 Å². The number of nitrogens with zero attached hydrogens (tertiary/aromatic N) is 1. The molecule has 0 saturated heterocycles. The SMILES string of the molecule is CNCc1cc(Br)cnc1OC1CCC(C)C(C)C1.